The number of rotatable bonds is 10. The van der Waals surface area contributed by atoms with Gasteiger partial charge in [0.1, 0.15) is 5.82 Å². The van der Waals surface area contributed by atoms with Crippen molar-refractivity contribution in [1.82, 2.24) is 19.9 Å². The van der Waals surface area contributed by atoms with Gasteiger partial charge in [0.05, 0.1) is 18.9 Å². The molecule has 0 aromatic carbocycles. The van der Waals surface area contributed by atoms with Crippen LogP contribution in [0.3, 0.4) is 0 Å². The molecule has 2 heterocycles. The van der Waals surface area contributed by atoms with Gasteiger partial charge in [-0.25, -0.2) is 13.4 Å². The minimum atomic E-state index is -3.59. The second-order valence-electron chi connectivity index (χ2n) is 7.44. The average Bonchev–Trinajstić information content (AvgIpc) is 2.59. The lowest BCUT2D eigenvalue weighted by Crippen LogP contribution is -2.27. The van der Waals surface area contributed by atoms with Crippen molar-refractivity contribution >= 4 is 21.9 Å². The molecule has 0 aliphatic heterocycles. The third-order valence-electron chi connectivity index (χ3n) is 4.08. The molecule has 0 radical (unpaired) electrons. The van der Waals surface area contributed by atoms with Gasteiger partial charge in [0.15, 0.2) is 0 Å². The van der Waals surface area contributed by atoms with Gasteiger partial charge >= 0.3 is 0 Å². The van der Waals surface area contributed by atoms with E-state index in [0.29, 0.717) is 24.6 Å². The zero-order valence-corrected chi connectivity index (χ0v) is 17.7. The molecule has 0 saturated carbocycles. The number of anilines is 2. The number of aliphatic hydroxyl groups excluding tert-OH is 1. The van der Waals surface area contributed by atoms with Gasteiger partial charge in [-0.15, -0.1) is 0 Å². The molecule has 0 spiro atoms. The highest BCUT2D eigenvalue weighted by Gasteiger charge is 2.17. The van der Waals surface area contributed by atoms with Crippen molar-refractivity contribution < 1.29 is 17.9 Å². The van der Waals surface area contributed by atoms with E-state index in [0.717, 1.165) is 11.8 Å². The van der Waals surface area contributed by atoms with Crippen molar-refractivity contribution in [2.24, 2.45) is 5.92 Å². The number of sulfonamides is 1. The number of pyridine rings is 1. The Morgan fingerprint density at radius 1 is 1.17 bits per heavy atom. The summed E-state index contributed by atoms with van der Waals surface area (Å²) in [4.78, 5) is 16.2. The van der Waals surface area contributed by atoms with Gasteiger partial charge in [-0.1, -0.05) is 20.8 Å². The SMILES string of the molecule is CC(C)CC(CO)Nc1nc(CC(C)c2ccnc(F)c2)nc(NS(C)(=O)=O)n1. The molecule has 9 nitrogen and oxygen atoms in total. The highest BCUT2D eigenvalue weighted by Crippen LogP contribution is 2.20. The summed E-state index contributed by atoms with van der Waals surface area (Å²) in [7, 11) is -3.59. The largest absolute Gasteiger partial charge is 0.394 e. The van der Waals surface area contributed by atoms with E-state index in [1.165, 1.54) is 12.3 Å². The summed E-state index contributed by atoms with van der Waals surface area (Å²) in [5.74, 6) is -0.0107. The van der Waals surface area contributed by atoms with E-state index in [-0.39, 0.29) is 30.5 Å². The van der Waals surface area contributed by atoms with Crippen LogP contribution in [0.4, 0.5) is 16.3 Å². The maximum atomic E-state index is 13.4. The molecule has 0 fully saturated rings. The molecule has 2 aromatic heterocycles. The minimum absolute atomic E-state index is 0.116. The third kappa shape index (κ3) is 7.86. The maximum Gasteiger partial charge on any atom is 0.241 e. The fourth-order valence-electron chi connectivity index (χ4n) is 2.83. The van der Waals surface area contributed by atoms with E-state index in [9.17, 15) is 17.9 Å². The van der Waals surface area contributed by atoms with E-state index in [1.807, 2.05) is 20.8 Å². The second-order valence-corrected chi connectivity index (χ2v) is 9.19. The normalized spacial score (nSPS) is 13.9. The Morgan fingerprint density at radius 3 is 2.45 bits per heavy atom. The molecular weight excluding hydrogens is 399 g/mol. The first-order valence-electron chi connectivity index (χ1n) is 9.27. The maximum absolute atomic E-state index is 13.4. The van der Waals surface area contributed by atoms with Gasteiger partial charge < -0.3 is 10.4 Å². The first-order valence-corrected chi connectivity index (χ1v) is 11.2. The van der Waals surface area contributed by atoms with E-state index < -0.39 is 16.0 Å². The van der Waals surface area contributed by atoms with Crippen LogP contribution in [0.25, 0.3) is 0 Å². The second kappa shape index (κ2) is 9.88. The Balaban J connectivity index is 2.30. The summed E-state index contributed by atoms with van der Waals surface area (Å²) >= 11 is 0. The van der Waals surface area contributed by atoms with Gasteiger partial charge in [0.2, 0.25) is 27.9 Å². The summed E-state index contributed by atoms with van der Waals surface area (Å²) in [6.07, 6.45) is 3.39. The lowest BCUT2D eigenvalue weighted by Gasteiger charge is -2.19. The monoisotopic (exact) mass is 426 g/mol. The molecule has 0 bridgehead atoms. The van der Waals surface area contributed by atoms with Crippen LogP contribution in [-0.2, 0) is 16.4 Å². The van der Waals surface area contributed by atoms with Crippen LogP contribution in [0.15, 0.2) is 18.3 Å². The third-order valence-corrected chi connectivity index (χ3v) is 4.63. The Labute approximate surface area is 170 Å². The van der Waals surface area contributed by atoms with Crippen molar-refractivity contribution in [2.75, 3.05) is 22.9 Å². The summed E-state index contributed by atoms with van der Waals surface area (Å²) in [6, 6.07) is 2.75. The van der Waals surface area contributed by atoms with Crippen LogP contribution >= 0.6 is 0 Å². The van der Waals surface area contributed by atoms with Crippen LogP contribution < -0.4 is 10.0 Å². The van der Waals surface area contributed by atoms with Crippen LogP contribution in [-0.4, -0.2) is 52.4 Å². The molecule has 11 heteroatoms. The van der Waals surface area contributed by atoms with Gasteiger partial charge in [-0.05, 0) is 36.0 Å². The lowest BCUT2D eigenvalue weighted by molar-refractivity contribution is 0.259. The molecule has 2 aromatic rings. The Kier molecular flexibility index (Phi) is 7.80. The van der Waals surface area contributed by atoms with Crippen molar-refractivity contribution in [1.29, 1.82) is 0 Å². The molecule has 0 aliphatic carbocycles. The molecule has 2 unspecified atom stereocenters. The zero-order valence-electron chi connectivity index (χ0n) is 16.9. The first-order chi connectivity index (χ1) is 13.6. The first kappa shape index (κ1) is 22.9. The number of nitrogens with one attached hydrogen (secondary N) is 2. The van der Waals surface area contributed by atoms with Crippen LogP contribution in [0, 0.1) is 11.9 Å². The molecule has 29 heavy (non-hydrogen) atoms. The molecular formula is C18H27FN6O3S. The van der Waals surface area contributed by atoms with Gasteiger partial charge in [0, 0.05) is 12.6 Å². The fraction of sp³-hybridized carbons (Fsp3) is 0.556. The smallest absolute Gasteiger partial charge is 0.241 e. The Hall–Kier alpha value is -2.40. The van der Waals surface area contributed by atoms with E-state index >= 15 is 0 Å². The number of halogens is 1. The summed E-state index contributed by atoms with van der Waals surface area (Å²) in [6.45, 7) is 5.80. The zero-order chi connectivity index (χ0) is 21.6. The molecule has 3 N–H and O–H groups in total. The standard InChI is InChI=1S/C18H27FN6O3S/c1-11(2)7-14(10-26)21-17-22-16(23-18(24-17)25-29(4,27)28)8-12(3)13-5-6-20-15(19)9-13/h5-6,9,11-12,14,26H,7-8,10H2,1-4H3,(H2,21,22,23,24,25). The fourth-order valence-corrected chi connectivity index (χ4v) is 3.26. The highest BCUT2D eigenvalue weighted by molar-refractivity contribution is 7.91. The Bertz CT molecular complexity index is 926. The number of hydrogen-bond donors (Lipinski definition) is 3. The number of hydrogen-bond acceptors (Lipinski definition) is 8. The predicted octanol–water partition coefficient (Wildman–Crippen LogP) is 1.94. The number of aliphatic hydroxyl groups is 1. The molecule has 160 valence electrons. The summed E-state index contributed by atoms with van der Waals surface area (Å²) < 4.78 is 38.9. The average molecular weight is 427 g/mol. The van der Waals surface area contributed by atoms with Gasteiger partial charge in [0.25, 0.3) is 0 Å². The van der Waals surface area contributed by atoms with Crippen molar-refractivity contribution in [3.8, 4) is 0 Å². The molecule has 2 rings (SSSR count). The van der Waals surface area contributed by atoms with Crippen LogP contribution in [0.1, 0.15) is 44.5 Å². The molecule has 0 saturated heterocycles. The Morgan fingerprint density at radius 2 is 1.86 bits per heavy atom. The molecule has 0 amide bonds. The molecule has 0 aliphatic rings. The van der Waals surface area contributed by atoms with Crippen LogP contribution in [0.2, 0.25) is 0 Å². The number of aromatic nitrogens is 4. The van der Waals surface area contributed by atoms with Crippen LogP contribution in [0.5, 0.6) is 0 Å². The van der Waals surface area contributed by atoms with Crippen molar-refractivity contribution in [2.45, 2.75) is 45.6 Å². The van der Waals surface area contributed by atoms with E-state index in [4.69, 9.17) is 0 Å². The highest BCUT2D eigenvalue weighted by atomic mass is 32.2. The van der Waals surface area contributed by atoms with E-state index in [2.05, 4.69) is 30.0 Å². The number of nitrogens with zero attached hydrogens (tertiary/aromatic N) is 4. The van der Waals surface area contributed by atoms with Gasteiger partial charge in [-0.3, -0.25) is 4.72 Å². The summed E-state index contributed by atoms with van der Waals surface area (Å²) in [5.41, 5.74) is 0.720. The quantitative estimate of drug-likeness (QED) is 0.492. The lowest BCUT2D eigenvalue weighted by atomic mass is 9.98. The molecule has 2 atom stereocenters. The van der Waals surface area contributed by atoms with Crippen molar-refractivity contribution in [3.05, 3.63) is 35.7 Å². The summed E-state index contributed by atoms with van der Waals surface area (Å²) in [5, 5.41) is 12.6. The van der Waals surface area contributed by atoms with Gasteiger partial charge in [-0.2, -0.15) is 19.3 Å². The predicted molar refractivity (Wildman–Crippen MR) is 109 cm³/mol. The van der Waals surface area contributed by atoms with E-state index in [1.54, 1.807) is 6.07 Å². The minimum Gasteiger partial charge on any atom is -0.394 e. The topological polar surface area (TPSA) is 130 Å². The van der Waals surface area contributed by atoms with Crippen molar-refractivity contribution in [3.63, 3.8) is 0 Å².